The number of alkyl halides is 2. The van der Waals surface area contributed by atoms with Crippen LogP contribution in [0.15, 0.2) is 0 Å². The van der Waals surface area contributed by atoms with E-state index in [9.17, 15) is 13.6 Å². The molecule has 0 atom stereocenters. The third kappa shape index (κ3) is 1.70. The Bertz CT molecular complexity index is 384. The van der Waals surface area contributed by atoms with Crippen LogP contribution in [0.4, 0.5) is 8.78 Å². The van der Waals surface area contributed by atoms with Crippen LogP contribution in [0, 0.1) is 0 Å². The number of hydrogen-bond acceptors (Lipinski definition) is 2. The third-order valence-corrected chi connectivity index (χ3v) is 1.97. The zero-order valence-electron chi connectivity index (χ0n) is 7.38. The van der Waals surface area contributed by atoms with Gasteiger partial charge in [-0.3, -0.25) is 4.68 Å². The highest BCUT2D eigenvalue weighted by Crippen LogP contribution is 2.33. The lowest BCUT2D eigenvalue weighted by Gasteiger charge is -2.05. The summed E-state index contributed by atoms with van der Waals surface area (Å²) in [5.41, 5.74) is -1.16. The molecule has 4 nitrogen and oxygen atoms in total. The molecule has 1 aromatic rings. The van der Waals surface area contributed by atoms with Crippen LogP contribution in [-0.2, 0) is 13.0 Å². The van der Waals surface area contributed by atoms with E-state index in [1.165, 1.54) is 7.05 Å². The molecule has 0 aliphatic carbocycles. The topological polar surface area (TPSA) is 55.1 Å². The van der Waals surface area contributed by atoms with Crippen molar-refractivity contribution in [3.8, 4) is 0 Å². The van der Waals surface area contributed by atoms with E-state index in [0.717, 1.165) is 4.68 Å². The predicted molar refractivity (Wildman–Crippen MR) is 44.7 cm³/mol. The van der Waals surface area contributed by atoms with Gasteiger partial charge in [0, 0.05) is 14.0 Å². The molecule has 1 heterocycles. The number of rotatable bonds is 2. The predicted octanol–water partition coefficient (Wildman–Crippen LogP) is 1.88. The summed E-state index contributed by atoms with van der Waals surface area (Å²) in [7, 11) is 1.24. The van der Waals surface area contributed by atoms with Crippen LogP contribution in [0.3, 0.4) is 0 Å². The number of nitrogens with zero attached hydrogens (tertiary/aromatic N) is 2. The van der Waals surface area contributed by atoms with Gasteiger partial charge in [-0.15, -0.1) is 0 Å². The summed E-state index contributed by atoms with van der Waals surface area (Å²) in [5, 5.41) is 11.5. The van der Waals surface area contributed by atoms with Crippen molar-refractivity contribution in [1.82, 2.24) is 9.78 Å². The Kier molecular flexibility index (Phi) is 2.49. The van der Waals surface area contributed by atoms with Crippen molar-refractivity contribution in [2.24, 2.45) is 7.05 Å². The Morgan fingerprint density at radius 3 is 2.36 bits per heavy atom. The molecule has 1 rings (SSSR count). The molecule has 1 aromatic heterocycles. The molecule has 0 aliphatic rings. The van der Waals surface area contributed by atoms with Gasteiger partial charge in [-0.05, 0) is 0 Å². The quantitative estimate of drug-likeness (QED) is 0.835. The van der Waals surface area contributed by atoms with Gasteiger partial charge in [0.15, 0.2) is 11.4 Å². The lowest BCUT2D eigenvalue weighted by molar-refractivity contribution is 0.0123. The fraction of sp³-hybridized carbons (Fsp3) is 0.429. The standard InChI is InChI=1S/C7H7ClF2N2O2/c1-7(9,10)5-3(8)4(6(13)14)12(2)11-5/h1-2H3,(H,13,14). The minimum atomic E-state index is -3.25. The molecular formula is C7H7ClF2N2O2. The van der Waals surface area contributed by atoms with Gasteiger partial charge in [0.05, 0.1) is 0 Å². The Labute approximate surface area is 83.1 Å². The van der Waals surface area contributed by atoms with Gasteiger partial charge in [0.1, 0.15) is 5.02 Å². The smallest absolute Gasteiger partial charge is 0.355 e. The van der Waals surface area contributed by atoms with Crippen molar-refractivity contribution >= 4 is 17.6 Å². The molecule has 0 saturated carbocycles. The van der Waals surface area contributed by atoms with E-state index in [2.05, 4.69) is 5.10 Å². The highest BCUT2D eigenvalue weighted by molar-refractivity contribution is 6.34. The van der Waals surface area contributed by atoms with E-state index in [1.54, 1.807) is 0 Å². The van der Waals surface area contributed by atoms with E-state index in [-0.39, 0.29) is 0 Å². The number of carboxylic acid groups (broad SMARTS) is 1. The monoisotopic (exact) mass is 224 g/mol. The number of carbonyl (C=O) groups is 1. The first-order valence-corrected chi connectivity index (χ1v) is 3.97. The van der Waals surface area contributed by atoms with Crippen LogP contribution in [0.2, 0.25) is 5.02 Å². The summed E-state index contributed by atoms with van der Waals surface area (Å²) in [6, 6.07) is 0. The molecule has 0 saturated heterocycles. The third-order valence-electron chi connectivity index (χ3n) is 1.61. The Hall–Kier alpha value is -1.17. The number of aryl methyl sites for hydroxylation is 1. The second kappa shape index (κ2) is 3.20. The molecule has 78 valence electrons. The molecule has 0 aliphatic heterocycles. The zero-order chi connectivity index (χ0) is 11.1. The molecule has 0 spiro atoms. The van der Waals surface area contributed by atoms with Crippen LogP contribution in [0.25, 0.3) is 0 Å². The summed E-state index contributed by atoms with van der Waals surface area (Å²) in [6.45, 7) is 0.604. The van der Waals surface area contributed by atoms with Crippen molar-refractivity contribution in [2.75, 3.05) is 0 Å². The average molecular weight is 225 g/mol. The molecule has 0 aromatic carbocycles. The molecule has 1 N–H and O–H groups in total. The van der Waals surface area contributed by atoms with E-state index >= 15 is 0 Å². The van der Waals surface area contributed by atoms with Gasteiger partial charge in [-0.25, -0.2) is 4.79 Å². The largest absolute Gasteiger partial charge is 0.476 e. The molecule has 0 unspecified atom stereocenters. The van der Waals surface area contributed by atoms with Crippen molar-refractivity contribution in [3.05, 3.63) is 16.4 Å². The first-order chi connectivity index (χ1) is 6.25. The number of hydrogen-bond donors (Lipinski definition) is 1. The number of aromatic nitrogens is 2. The van der Waals surface area contributed by atoms with E-state index in [0.29, 0.717) is 6.92 Å². The Morgan fingerprint density at radius 2 is 2.14 bits per heavy atom. The molecule has 7 heteroatoms. The van der Waals surface area contributed by atoms with Crippen molar-refractivity contribution < 1.29 is 18.7 Å². The summed E-state index contributed by atoms with van der Waals surface area (Å²) in [5.74, 6) is -4.64. The van der Waals surface area contributed by atoms with Gasteiger partial charge in [0.25, 0.3) is 5.92 Å². The average Bonchev–Trinajstić information content (AvgIpc) is 2.24. The number of aromatic carboxylic acids is 1. The van der Waals surface area contributed by atoms with Crippen molar-refractivity contribution in [2.45, 2.75) is 12.8 Å². The molecular weight excluding hydrogens is 218 g/mol. The van der Waals surface area contributed by atoms with Gasteiger partial charge in [0.2, 0.25) is 0 Å². The summed E-state index contributed by atoms with van der Waals surface area (Å²) in [6.07, 6.45) is 0. The second-order valence-corrected chi connectivity index (χ2v) is 3.21. The van der Waals surface area contributed by atoms with Gasteiger partial charge >= 0.3 is 5.97 Å². The maximum Gasteiger partial charge on any atom is 0.355 e. The molecule has 0 fully saturated rings. The fourth-order valence-corrected chi connectivity index (χ4v) is 1.42. The van der Waals surface area contributed by atoms with Crippen LogP contribution >= 0.6 is 11.6 Å². The first kappa shape index (κ1) is 10.9. The van der Waals surface area contributed by atoms with E-state index in [1.807, 2.05) is 0 Å². The molecule has 14 heavy (non-hydrogen) atoms. The van der Waals surface area contributed by atoms with E-state index in [4.69, 9.17) is 16.7 Å². The van der Waals surface area contributed by atoms with Crippen LogP contribution in [0.1, 0.15) is 23.1 Å². The van der Waals surface area contributed by atoms with Crippen LogP contribution < -0.4 is 0 Å². The minimum Gasteiger partial charge on any atom is -0.476 e. The minimum absolute atomic E-state index is 0.441. The molecule has 0 radical (unpaired) electrons. The Morgan fingerprint density at radius 1 is 1.64 bits per heavy atom. The van der Waals surface area contributed by atoms with Crippen molar-refractivity contribution in [3.63, 3.8) is 0 Å². The Balaban J connectivity index is 3.39. The normalized spacial score (nSPS) is 11.8. The van der Waals surface area contributed by atoms with Crippen LogP contribution in [0.5, 0.6) is 0 Å². The van der Waals surface area contributed by atoms with Gasteiger partial charge < -0.3 is 5.11 Å². The van der Waals surface area contributed by atoms with Crippen molar-refractivity contribution in [1.29, 1.82) is 0 Å². The summed E-state index contributed by atoms with van der Waals surface area (Å²) < 4.78 is 26.5. The summed E-state index contributed by atoms with van der Waals surface area (Å²) >= 11 is 5.47. The highest BCUT2D eigenvalue weighted by atomic mass is 35.5. The lowest BCUT2D eigenvalue weighted by atomic mass is 10.2. The number of halogens is 3. The maximum atomic E-state index is 12.8. The van der Waals surface area contributed by atoms with Gasteiger partial charge in [-0.2, -0.15) is 13.9 Å². The summed E-state index contributed by atoms with van der Waals surface area (Å²) in [4.78, 5) is 10.6. The highest BCUT2D eigenvalue weighted by Gasteiger charge is 2.34. The van der Waals surface area contributed by atoms with Crippen LogP contribution in [-0.4, -0.2) is 20.9 Å². The number of carboxylic acids is 1. The molecule has 0 bridgehead atoms. The second-order valence-electron chi connectivity index (χ2n) is 2.83. The fourth-order valence-electron chi connectivity index (χ4n) is 1.01. The SMILES string of the molecule is Cn1nc(C(C)(F)F)c(Cl)c1C(=O)O. The zero-order valence-corrected chi connectivity index (χ0v) is 8.14. The lowest BCUT2D eigenvalue weighted by Crippen LogP contribution is -2.09. The first-order valence-electron chi connectivity index (χ1n) is 3.59. The maximum absolute atomic E-state index is 12.8. The van der Waals surface area contributed by atoms with Gasteiger partial charge in [-0.1, -0.05) is 11.6 Å². The van der Waals surface area contributed by atoms with E-state index < -0.39 is 28.3 Å². The molecule has 0 amide bonds.